The molecule has 0 bridgehead atoms. The number of halogens is 1. The molecule has 0 unspecified atom stereocenters. The third-order valence-corrected chi connectivity index (χ3v) is 1.88. The zero-order chi connectivity index (χ0) is 10.6. The first-order chi connectivity index (χ1) is 6.63. The van der Waals surface area contributed by atoms with Crippen LogP contribution in [0.15, 0.2) is 24.4 Å². The van der Waals surface area contributed by atoms with Crippen LogP contribution in [0.3, 0.4) is 0 Å². The van der Waals surface area contributed by atoms with Crippen molar-refractivity contribution in [3.63, 3.8) is 0 Å². The summed E-state index contributed by atoms with van der Waals surface area (Å²) in [6, 6.07) is 5.63. The Morgan fingerprint density at radius 2 is 2.29 bits per heavy atom. The summed E-state index contributed by atoms with van der Waals surface area (Å²) in [5.41, 5.74) is 1.45. The lowest BCUT2D eigenvalue weighted by Gasteiger charge is -2.00. The van der Waals surface area contributed by atoms with Gasteiger partial charge in [-0.3, -0.25) is 0 Å². The minimum atomic E-state index is 0.348. The lowest BCUT2D eigenvalue weighted by molar-refractivity contribution is 0.834. The summed E-state index contributed by atoms with van der Waals surface area (Å²) >= 11 is 5.65. The molecule has 0 radical (unpaired) electrons. The number of hydrogen-bond donors (Lipinski definition) is 0. The fourth-order valence-electron chi connectivity index (χ4n) is 1.07. The van der Waals surface area contributed by atoms with Gasteiger partial charge in [0.25, 0.3) is 0 Å². The largest absolute Gasteiger partial charge is 0.244 e. The third-order valence-electron chi connectivity index (χ3n) is 1.66. The summed E-state index contributed by atoms with van der Waals surface area (Å²) in [6.45, 7) is 4.06. The van der Waals surface area contributed by atoms with E-state index in [4.69, 9.17) is 16.9 Å². The number of pyridine rings is 1. The standard InChI is InChI=1S/C11H11ClN2/c1-8(2)5-10(6-13)9-3-4-11(12)14-7-9/h3-5,7-8H,1-2H3. The molecule has 0 spiro atoms. The molecule has 1 rings (SSSR count). The number of aromatic nitrogens is 1. The van der Waals surface area contributed by atoms with Gasteiger partial charge in [0.1, 0.15) is 5.15 Å². The maximum atomic E-state index is 8.92. The van der Waals surface area contributed by atoms with Crippen LogP contribution < -0.4 is 0 Å². The first-order valence-electron chi connectivity index (χ1n) is 4.37. The van der Waals surface area contributed by atoms with E-state index in [1.54, 1.807) is 18.3 Å². The second-order valence-corrected chi connectivity index (χ2v) is 3.69. The molecule has 0 saturated carbocycles. The molecule has 0 aliphatic carbocycles. The predicted octanol–water partition coefficient (Wildman–Crippen LogP) is 3.30. The normalized spacial score (nSPS) is 11.5. The lowest BCUT2D eigenvalue weighted by Crippen LogP contribution is -1.87. The van der Waals surface area contributed by atoms with Crippen LogP contribution in [0.1, 0.15) is 19.4 Å². The van der Waals surface area contributed by atoms with E-state index in [1.165, 1.54) is 0 Å². The van der Waals surface area contributed by atoms with Crippen LogP contribution >= 0.6 is 11.6 Å². The number of rotatable bonds is 2. The highest BCUT2D eigenvalue weighted by molar-refractivity contribution is 6.29. The van der Waals surface area contributed by atoms with Gasteiger partial charge in [0.05, 0.1) is 11.6 Å². The van der Waals surface area contributed by atoms with Crippen LogP contribution in [0.5, 0.6) is 0 Å². The van der Waals surface area contributed by atoms with Gasteiger partial charge in [-0.2, -0.15) is 5.26 Å². The highest BCUT2D eigenvalue weighted by Gasteiger charge is 2.01. The molecule has 0 aliphatic heterocycles. The van der Waals surface area contributed by atoms with E-state index < -0.39 is 0 Å². The van der Waals surface area contributed by atoms with Gasteiger partial charge in [0.15, 0.2) is 0 Å². The Balaban J connectivity index is 3.03. The van der Waals surface area contributed by atoms with Crippen molar-refractivity contribution in [1.82, 2.24) is 4.98 Å². The van der Waals surface area contributed by atoms with E-state index in [9.17, 15) is 0 Å². The van der Waals surface area contributed by atoms with E-state index in [-0.39, 0.29) is 0 Å². The highest BCUT2D eigenvalue weighted by atomic mass is 35.5. The zero-order valence-corrected chi connectivity index (χ0v) is 8.92. The predicted molar refractivity (Wildman–Crippen MR) is 57.7 cm³/mol. The molecular weight excluding hydrogens is 196 g/mol. The summed E-state index contributed by atoms with van der Waals surface area (Å²) < 4.78 is 0. The fourth-order valence-corrected chi connectivity index (χ4v) is 1.18. The molecule has 72 valence electrons. The van der Waals surface area contributed by atoms with E-state index in [2.05, 4.69) is 11.1 Å². The van der Waals surface area contributed by atoms with Crippen LogP contribution in [-0.2, 0) is 0 Å². The molecule has 0 aliphatic rings. The van der Waals surface area contributed by atoms with Crippen molar-refractivity contribution in [2.45, 2.75) is 13.8 Å². The minimum Gasteiger partial charge on any atom is -0.244 e. The second-order valence-electron chi connectivity index (χ2n) is 3.31. The van der Waals surface area contributed by atoms with E-state index in [0.717, 1.165) is 5.56 Å². The Bertz CT molecular complexity index is 371. The second kappa shape index (κ2) is 4.78. The summed E-state index contributed by atoms with van der Waals surface area (Å²) in [7, 11) is 0. The Morgan fingerprint density at radius 3 is 2.71 bits per heavy atom. The van der Waals surface area contributed by atoms with Gasteiger partial charge < -0.3 is 0 Å². The maximum Gasteiger partial charge on any atom is 0.129 e. The van der Waals surface area contributed by atoms with Crippen molar-refractivity contribution in [1.29, 1.82) is 5.26 Å². The first-order valence-corrected chi connectivity index (χ1v) is 4.75. The van der Waals surface area contributed by atoms with Crippen molar-refractivity contribution in [3.05, 3.63) is 35.1 Å². The highest BCUT2D eigenvalue weighted by Crippen LogP contribution is 2.16. The van der Waals surface area contributed by atoms with Crippen molar-refractivity contribution >= 4 is 17.2 Å². The quantitative estimate of drug-likeness (QED) is 0.550. The summed E-state index contributed by atoms with van der Waals surface area (Å²) in [5.74, 6) is 0.348. The van der Waals surface area contributed by atoms with Crippen LogP contribution in [0.4, 0.5) is 0 Å². The molecular formula is C11H11ClN2. The Kier molecular flexibility index (Phi) is 3.67. The molecule has 0 N–H and O–H groups in total. The summed E-state index contributed by atoms with van der Waals surface area (Å²) in [6.07, 6.45) is 3.52. The number of hydrogen-bond acceptors (Lipinski definition) is 2. The van der Waals surface area contributed by atoms with Crippen LogP contribution in [0.25, 0.3) is 5.57 Å². The SMILES string of the molecule is CC(C)C=C(C#N)c1ccc(Cl)nc1. The summed E-state index contributed by atoms with van der Waals surface area (Å²) in [4.78, 5) is 3.93. The van der Waals surface area contributed by atoms with Gasteiger partial charge in [0, 0.05) is 11.8 Å². The molecule has 14 heavy (non-hydrogen) atoms. The third kappa shape index (κ3) is 2.86. The monoisotopic (exact) mass is 206 g/mol. The first kappa shape index (κ1) is 10.7. The van der Waals surface area contributed by atoms with Crippen LogP contribution in [0.2, 0.25) is 5.15 Å². The average Bonchev–Trinajstić information content (AvgIpc) is 2.15. The zero-order valence-electron chi connectivity index (χ0n) is 8.16. The van der Waals surface area contributed by atoms with E-state index >= 15 is 0 Å². The molecule has 0 saturated heterocycles. The number of allylic oxidation sites excluding steroid dienone is 2. The Hall–Kier alpha value is -1.33. The molecule has 3 heteroatoms. The van der Waals surface area contributed by atoms with Crippen LogP contribution in [0, 0.1) is 17.2 Å². The molecule has 2 nitrogen and oxygen atoms in total. The molecule has 0 aromatic carbocycles. The fraction of sp³-hybridized carbons (Fsp3) is 0.273. The Morgan fingerprint density at radius 1 is 1.57 bits per heavy atom. The van der Waals surface area contributed by atoms with E-state index in [1.807, 2.05) is 19.9 Å². The molecule has 0 fully saturated rings. The van der Waals surface area contributed by atoms with Gasteiger partial charge in [-0.15, -0.1) is 0 Å². The Labute approximate surface area is 88.8 Å². The molecule has 0 amide bonds. The van der Waals surface area contributed by atoms with Gasteiger partial charge in [0.2, 0.25) is 0 Å². The van der Waals surface area contributed by atoms with Gasteiger partial charge in [-0.25, -0.2) is 4.98 Å². The van der Waals surface area contributed by atoms with Crippen molar-refractivity contribution in [2.24, 2.45) is 5.92 Å². The minimum absolute atomic E-state index is 0.348. The van der Waals surface area contributed by atoms with Gasteiger partial charge in [-0.1, -0.05) is 31.5 Å². The van der Waals surface area contributed by atoms with Crippen molar-refractivity contribution in [3.8, 4) is 6.07 Å². The van der Waals surface area contributed by atoms with Crippen LogP contribution in [-0.4, -0.2) is 4.98 Å². The van der Waals surface area contributed by atoms with Gasteiger partial charge >= 0.3 is 0 Å². The molecule has 0 atom stereocenters. The number of nitrogens with zero attached hydrogens (tertiary/aromatic N) is 2. The smallest absolute Gasteiger partial charge is 0.129 e. The summed E-state index contributed by atoms with van der Waals surface area (Å²) in [5, 5.41) is 9.36. The molecule has 1 aromatic rings. The maximum absolute atomic E-state index is 8.92. The number of nitriles is 1. The van der Waals surface area contributed by atoms with Crippen molar-refractivity contribution in [2.75, 3.05) is 0 Å². The van der Waals surface area contributed by atoms with Crippen molar-refractivity contribution < 1.29 is 0 Å². The van der Waals surface area contributed by atoms with Gasteiger partial charge in [-0.05, 0) is 18.1 Å². The molecule has 1 heterocycles. The average molecular weight is 207 g/mol. The topological polar surface area (TPSA) is 36.7 Å². The lowest BCUT2D eigenvalue weighted by atomic mass is 10.0. The van der Waals surface area contributed by atoms with E-state index in [0.29, 0.717) is 16.6 Å². The molecule has 1 aromatic heterocycles.